The maximum Gasteiger partial charge on any atom is 0.308 e. The molecule has 2 aromatic rings. The molecular weight excluding hydrogens is 467 g/mol. The number of carbonyl (C=O) groups is 3. The first-order valence-electron chi connectivity index (χ1n) is 11.4. The quantitative estimate of drug-likeness (QED) is 0.547. The highest BCUT2D eigenvalue weighted by atomic mass is 19.1. The molecule has 1 unspecified atom stereocenters. The first-order chi connectivity index (χ1) is 17.2. The lowest BCUT2D eigenvalue weighted by atomic mass is 10.1. The Kier molecular flexibility index (Phi) is 13.8. The van der Waals surface area contributed by atoms with Crippen molar-refractivity contribution in [3.05, 3.63) is 77.9 Å². The lowest BCUT2D eigenvalue weighted by Gasteiger charge is -2.12. The fourth-order valence-corrected chi connectivity index (χ4v) is 2.85. The molecule has 1 amide bonds. The zero-order chi connectivity index (χ0) is 26.9. The number of amides is 1. The number of benzene rings is 1. The van der Waals surface area contributed by atoms with Crippen molar-refractivity contribution in [1.29, 1.82) is 0 Å². The summed E-state index contributed by atoms with van der Waals surface area (Å²) in [7, 11) is 1.38. The number of esters is 2. The number of hydrogen-bond donors (Lipinski definition) is 1. The van der Waals surface area contributed by atoms with Gasteiger partial charge >= 0.3 is 11.9 Å². The number of aromatic nitrogens is 1. The van der Waals surface area contributed by atoms with Crippen molar-refractivity contribution in [1.82, 2.24) is 4.98 Å². The minimum Gasteiger partial charge on any atom is -0.493 e. The van der Waals surface area contributed by atoms with E-state index in [4.69, 9.17) is 19.9 Å². The van der Waals surface area contributed by atoms with Gasteiger partial charge in [-0.2, -0.15) is 0 Å². The minimum absolute atomic E-state index is 0.0556. The van der Waals surface area contributed by atoms with Crippen LogP contribution in [-0.4, -0.2) is 36.0 Å². The van der Waals surface area contributed by atoms with Crippen LogP contribution < -0.4 is 15.2 Å². The average molecular weight is 501 g/mol. The van der Waals surface area contributed by atoms with E-state index in [1.165, 1.54) is 51.3 Å². The summed E-state index contributed by atoms with van der Waals surface area (Å²) in [5.41, 5.74) is 5.90. The second-order valence-corrected chi connectivity index (χ2v) is 7.57. The minimum atomic E-state index is -0.787. The van der Waals surface area contributed by atoms with Gasteiger partial charge in [-0.15, -0.1) is 0 Å². The molecule has 0 saturated carbocycles. The van der Waals surface area contributed by atoms with E-state index in [0.717, 1.165) is 5.56 Å². The van der Waals surface area contributed by atoms with Crippen molar-refractivity contribution in [2.24, 2.45) is 5.73 Å². The number of carbonyl (C=O) groups excluding carboxylic acids is 3. The molecule has 0 aliphatic heterocycles. The number of primary amides is 1. The summed E-state index contributed by atoms with van der Waals surface area (Å²) in [6.07, 6.45) is 13.2. The van der Waals surface area contributed by atoms with Gasteiger partial charge in [-0.05, 0) is 37.5 Å². The van der Waals surface area contributed by atoms with E-state index in [1.807, 2.05) is 6.92 Å². The van der Waals surface area contributed by atoms with Gasteiger partial charge in [0.05, 0.1) is 7.11 Å². The van der Waals surface area contributed by atoms with Crippen molar-refractivity contribution >= 4 is 17.8 Å². The van der Waals surface area contributed by atoms with Crippen molar-refractivity contribution < 1.29 is 33.0 Å². The van der Waals surface area contributed by atoms with E-state index in [-0.39, 0.29) is 35.1 Å². The molecule has 2 N–H and O–H groups in total. The van der Waals surface area contributed by atoms with Crippen LogP contribution in [0.5, 0.6) is 11.5 Å². The number of ether oxygens (including phenoxy) is 3. The highest BCUT2D eigenvalue weighted by Crippen LogP contribution is 2.29. The smallest absolute Gasteiger partial charge is 0.308 e. The molecule has 0 radical (unpaired) electrons. The van der Waals surface area contributed by atoms with Crippen molar-refractivity contribution in [2.45, 2.75) is 52.6 Å². The van der Waals surface area contributed by atoms with Crippen molar-refractivity contribution in [3.8, 4) is 11.5 Å². The highest BCUT2D eigenvalue weighted by molar-refractivity contribution is 5.95. The standard InChI is InChI=1S/C12H15FO2.C9H10N2O4.C6H8/c1-3-12(14)15-9(2)8-10-4-6-11(13)7-5-10;1-5(12)15-8-6(14-2)3-4-11-7(8)9(10)13;1-2-4-6-5-3-1/h4-7,9H,3,8H2,1-2H3;3-4H,1-2H3,(H2,10,13);1-4H,5-6H2. The third kappa shape index (κ3) is 11.9. The number of nitrogens with two attached hydrogens (primary N) is 1. The SMILES string of the molecule is C1=CCCC=C1.CCC(=O)OC(C)Cc1ccc(F)cc1.COc1ccnc(C(N)=O)c1OC(C)=O. The number of pyridine rings is 1. The maximum atomic E-state index is 12.6. The van der Waals surface area contributed by atoms with Crippen LogP contribution in [0.1, 0.15) is 56.1 Å². The van der Waals surface area contributed by atoms with Crippen molar-refractivity contribution in [2.75, 3.05) is 7.11 Å². The van der Waals surface area contributed by atoms with Crippen LogP contribution in [-0.2, 0) is 20.7 Å². The Hall–Kier alpha value is -4.01. The van der Waals surface area contributed by atoms with Crippen LogP contribution in [0.25, 0.3) is 0 Å². The van der Waals surface area contributed by atoms with E-state index in [9.17, 15) is 18.8 Å². The number of hydrogen-bond acceptors (Lipinski definition) is 7. The zero-order valence-electron chi connectivity index (χ0n) is 21.0. The predicted molar refractivity (Wildman–Crippen MR) is 134 cm³/mol. The summed E-state index contributed by atoms with van der Waals surface area (Å²) < 4.78 is 27.4. The van der Waals surface area contributed by atoms with Gasteiger partial charge in [-0.1, -0.05) is 43.4 Å². The molecular formula is C27H33FN2O6. The van der Waals surface area contributed by atoms with E-state index in [2.05, 4.69) is 29.3 Å². The van der Waals surface area contributed by atoms with Crippen LogP contribution in [0.3, 0.4) is 0 Å². The molecule has 1 atom stereocenters. The van der Waals surface area contributed by atoms with E-state index in [1.54, 1.807) is 19.1 Å². The van der Waals surface area contributed by atoms with Crippen LogP contribution >= 0.6 is 0 Å². The Balaban J connectivity index is 0.000000293. The molecule has 1 aromatic heterocycles. The Bertz CT molecular complexity index is 1040. The molecule has 1 aromatic carbocycles. The lowest BCUT2D eigenvalue weighted by Crippen LogP contribution is -2.16. The van der Waals surface area contributed by atoms with E-state index >= 15 is 0 Å². The summed E-state index contributed by atoms with van der Waals surface area (Å²) in [5.74, 6) is -1.65. The third-order valence-corrected chi connectivity index (χ3v) is 4.51. The van der Waals surface area contributed by atoms with Gasteiger partial charge in [0.25, 0.3) is 5.91 Å². The fourth-order valence-electron chi connectivity index (χ4n) is 2.85. The van der Waals surface area contributed by atoms with E-state index < -0.39 is 11.9 Å². The fraction of sp³-hybridized carbons (Fsp3) is 0.333. The third-order valence-electron chi connectivity index (χ3n) is 4.51. The van der Waals surface area contributed by atoms with Crippen LogP contribution in [0.2, 0.25) is 0 Å². The molecule has 36 heavy (non-hydrogen) atoms. The summed E-state index contributed by atoms with van der Waals surface area (Å²) in [4.78, 5) is 36.5. The molecule has 194 valence electrons. The molecule has 1 aliphatic carbocycles. The second-order valence-electron chi connectivity index (χ2n) is 7.57. The summed E-state index contributed by atoms with van der Waals surface area (Å²) in [5, 5.41) is 0. The van der Waals surface area contributed by atoms with Gasteiger partial charge in [0, 0.05) is 32.0 Å². The number of rotatable bonds is 7. The van der Waals surface area contributed by atoms with Crippen molar-refractivity contribution in [3.63, 3.8) is 0 Å². The Morgan fingerprint density at radius 1 is 1.08 bits per heavy atom. The molecule has 1 aliphatic rings. The molecule has 0 spiro atoms. The first-order valence-corrected chi connectivity index (χ1v) is 11.4. The maximum absolute atomic E-state index is 12.6. The predicted octanol–water partition coefficient (Wildman–Crippen LogP) is 4.72. The van der Waals surface area contributed by atoms with Crippen LogP contribution in [0, 0.1) is 5.82 Å². The molecule has 1 heterocycles. The number of methoxy groups -OCH3 is 1. The molecule has 3 rings (SSSR count). The van der Waals surface area contributed by atoms with Gasteiger partial charge in [0.2, 0.25) is 5.75 Å². The topological polar surface area (TPSA) is 118 Å². The largest absolute Gasteiger partial charge is 0.493 e. The molecule has 0 bridgehead atoms. The second kappa shape index (κ2) is 16.6. The van der Waals surface area contributed by atoms with Gasteiger partial charge in [-0.25, -0.2) is 9.37 Å². The Labute approximate surface area is 211 Å². The summed E-state index contributed by atoms with van der Waals surface area (Å²) in [6, 6.07) is 7.68. The zero-order valence-corrected chi connectivity index (χ0v) is 21.0. The number of halogens is 1. The van der Waals surface area contributed by atoms with E-state index in [0.29, 0.717) is 12.8 Å². The molecule has 9 heteroatoms. The first kappa shape index (κ1) is 30.0. The monoisotopic (exact) mass is 500 g/mol. The van der Waals surface area contributed by atoms with Gasteiger partial charge < -0.3 is 19.9 Å². The Morgan fingerprint density at radius 3 is 2.14 bits per heavy atom. The summed E-state index contributed by atoms with van der Waals surface area (Å²) >= 11 is 0. The summed E-state index contributed by atoms with van der Waals surface area (Å²) in [6.45, 7) is 4.79. The lowest BCUT2D eigenvalue weighted by molar-refractivity contribution is -0.147. The van der Waals surface area contributed by atoms with Crippen LogP contribution in [0.4, 0.5) is 4.39 Å². The normalized spacial score (nSPS) is 12.1. The average Bonchev–Trinajstić information content (AvgIpc) is 2.86. The van der Waals surface area contributed by atoms with Crippen LogP contribution in [0.15, 0.2) is 60.8 Å². The highest BCUT2D eigenvalue weighted by Gasteiger charge is 2.18. The van der Waals surface area contributed by atoms with Gasteiger partial charge in [0.1, 0.15) is 11.9 Å². The van der Waals surface area contributed by atoms with Gasteiger partial charge in [-0.3, -0.25) is 14.4 Å². The van der Waals surface area contributed by atoms with Gasteiger partial charge in [0.15, 0.2) is 11.4 Å². The molecule has 0 saturated heterocycles. The number of nitrogens with zero attached hydrogens (tertiary/aromatic N) is 1. The Morgan fingerprint density at radius 2 is 1.69 bits per heavy atom. The molecule has 0 fully saturated rings. The number of allylic oxidation sites excluding steroid dienone is 4. The molecule has 8 nitrogen and oxygen atoms in total.